The number of halogens is 1. The molecule has 3 aromatic rings. The predicted octanol–water partition coefficient (Wildman–Crippen LogP) is 3.53. The summed E-state index contributed by atoms with van der Waals surface area (Å²) in [6, 6.07) is 10.1. The molecule has 0 saturated carbocycles. The second-order valence-corrected chi connectivity index (χ2v) is 6.55. The van der Waals surface area contributed by atoms with Crippen LogP contribution in [0.25, 0.3) is 10.2 Å². The number of benzene rings is 2. The van der Waals surface area contributed by atoms with Crippen molar-refractivity contribution in [3.05, 3.63) is 68.8 Å². The quantitative estimate of drug-likeness (QED) is 0.367. The van der Waals surface area contributed by atoms with Crippen molar-refractivity contribution in [1.82, 2.24) is 4.57 Å². The molecule has 2 aromatic carbocycles. The molecule has 0 saturated heterocycles. The highest BCUT2D eigenvalue weighted by atomic mass is 32.1. The summed E-state index contributed by atoms with van der Waals surface area (Å²) in [4.78, 5) is 27.4. The molecule has 140 valence electrons. The largest absolute Gasteiger partial charge is 0.380 e. The van der Waals surface area contributed by atoms with E-state index in [1.54, 1.807) is 16.7 Å². The molecular weight excluding hydrogens is 373 g/mol. The lowest BCUT2D eigenvalue weighted by Crippen LogP contribution is -2.20. The summed E-state index contributed by atoms with van der Waals surface area (Å²) in [5.74, 6) is -1.36. The van der Waals surface area contributed by atoms with E-state index in [0.29, 0.717) is 30.1 Å². The summed E-state index contributed by atoms with van der Waals surface area (Å²) in [5, 5.41) is 11.1. The highest BCUT2D eigenvalue weighted by Gasteiger charge is 2.15. The molecule has 0 bridgehead atoms. The van der Waals surface area contributed by atoms with E-state index in [9.17, 15) is 19.3 Å². The number of carbonyl (C=O) groups is 1. The minimum Gasteiger partial charge on any atom is -0.380 e. The summed E-state index contributed by atoms with van der Waals surface area (Å²) < 4.78 is 21.6. The Morgan fingerprint density at radius 3 is 2.81 bits per heavy atom. The highest BCUT2D eigenvalue weighted by molar-refractivity contribution is 7.16. The Kier molecular flexibility index (Phi) is 5.72. The summed E-state index contributed by atoms with van der Waals surface area (Å²) in [5.41, 5.74) is 0.392. The van der Waals surface area contributed by atoms with Crippen molar-refractivity contribution < 1.29 is 18.8 Å². The van der Waals surface area contributed by atoms with Gasteiger partial charge in [0, 0.05) is 25.3 Å². The lowest BCUT2D eigenvalue weighted by Gasteiger charge is -2.05. The third-order valence-corrected chi connectivity index (χ3v) is 4.90. The van der Waals surface area contributed by atoms with Crippen LogP contribution in [-0.4, -0.2) is 28.6 Å². The average Bonchev–Trinajstić information content (AvgIpc) is 2.98. The molecule has 1 heterocycles. The van der Waals surface area contributed by atoms with E-state index in [-0.39, 0.29) is 11.3 Å². The maximum Gasteiger partial charge on any atom is 0.282 e. The van der Waals surface area contributed by atoms with E-state index in [1.165, 1.54) is 41.7 Å². The van der Waals surface area contributed by atoms with Crippen molar-refractivity contribution >= 4 is 33.1 Å². The van der Waals surface area contributed by atoms with Crippen LogP contribution in [0.5, 0.6) is 0 Å². The molecule has 0 aliphatic rings. The van der Waals surface area contributed by atoms with Gasteiger partial charge in [0.25, 0.3) is 11.6 Å². The van der Waals surface area contributed by atoms with Crippen LogP contribution in [-0.2, 0) is 11.3 Å². The number of carbonyl (C=O) groups excluding carboxylic acids is 1. The van der Waals surface area contributed by atoms with Crippen LogP contribution < -0.4 is 4.80 Å². The first-order chi connectivity index (χ1) is 13.0. The van der Waals surface area contributed by atoms with E-state index in [0.717, 1.165) is 4.70 Å². The number of nitro groups is 1. The van der Waals surface area contributed by atoms with Crippen LogP contribution in [0, 0.1) is 15.9 Å². The smallest absolute Gasteiger partial charge is 0.282 e. The molecule has 0 spiro atoms. The molecule has 0 aliphatic heterocycles. The van der Waals surface area contributed by atoms with Crippen LogP contribution >= 0.6 is 11.3 Å². The Morgan fingerprint density at radius 1 is 1.33 bits per heavy atom. The van der Waals surface area contributed by atoms with Gasteiger partial charge in [0.1, 0.15) is 5.82 Å². The number of nitro benzene ring substituents is 1. The number of non-ortho nitro benzene ring substituents is 1. The lowest BCUT2D eigenvalue weighted by atomic mass is 10.2. The molecule has 0 atom stereocenters. The Labute approximate surface area is 157 Å². The van der Waals surface area contributed by atoms with Gasteiger partial charge in [-0.3, -0.25) is 14.9 Å². The van der Waals surface area contributed by atoms with Gasteiger partial charge in [-0.1, -0.05) is 23.5 Å². The van der Waals surface area contributed by atoms with E-state index < -0.39 is 16.6 Å². The first kappa shape index (κ1) is 18.9. The van der Waals surface area contributed by atoms with Crippen LogP contribution in [0.1, 0.15) is 17.3 Å². The van der Waals surface area contributed by atoms with Crippen LogP contribution in [0.2, 0.25) is 0 Å². The molecule has 1 aromatic heterocycles. The minimum absolute atomic E-state index is 0.0579. The molecule has 7 nitrogen and oxygen atoms in total. The lowest BCUT2D eigenvalue weighted by molar-refractivity contribution is -0.384. The fourth-order valence-electron chi connectivity index (χ4n) is 2.55. The third kappa shape index (κ3) is 4.09. The fraction of sp³-hybridized carbons (Fsp3) is 0.222. The highest BCUT2D eigenvalue weighted by Crippen LogP contribution is 2.23. The number of thiazole rings is 1. The van der Waals surface area contributed by atoms with E-state index in [2.05, 4.69) is 4.99 Å². The Morgan fingerprint density at radius 2 is 2.11 bits per heavy atom. The number of aromatic nitrogens is 1. The number of ether oxygens (including phenoxy) is 1. The number of rotatable bonds is 6. The van der Waals surface area contributed by atoms with Crippen molar-refractivity contribution in [2.45, 2.75) is 13.5 Å². The van der Waals surface area contributed by atoms with E-state index >= 15 is 0 Å². The van der Waals surface area contributed by atoms with Gasteiger partial charge in [-0.2, -0.15) is 4.99 Å². The zero-order chi connectivity index (χ0) is 19.4. The van der Waals surface area contributed by atoms with Crippen molar-refractivity contribution in [2.24, 2.45) is 4.99 Å². The number of hydrogen-bond acceptors (Lipinski definition) is 5. The number of fused-ring (bicyclic) bond motifs is 1. The zero-order valence-corrected chi connectivity index (χ0v) is 15.2. The molecule has 0 N–H and O–H groups in total. The van der Waals surface area contributed by atoms with E-state index in [1.807, 2.05) is 6.92 Å². The average molecular weight is 389 g/mol. The molecule has 0 radical (unpaired) electrons. The molecular formula is C18H16FN3O4S. The fourth-order valence-corrected chi connectivity index (χ4v) is 3.59. The number of hydrogen-bond donors (Lipinski definition) is 0. The van der Waals surface area contributed by atoms with Crippen molar-refractivity contribution in [1.29, 1.82) is 0 Å². The van der Waals surface area contributed by atoms with Crippen LogP contribution in [0.15, 0.2) is 47.5 Å². The summed E-state index contributed by atoms with van der Waals surface area (Å²) in [6.07, 6.45) is 0. The summed E-state index contributed by atoms with van der Waals surface area (Å²) in [7, 11) is 0. The second-order valence-electron chi connectivity index (χ2n) is 5.54. The van der Waals surface area contributed by atoms with Crippen LogP contribution in [0.4, 0.5) is 10.1 Å². The Balaban J connectivity index is 2.12. The van der Waals surface area contributed by atoms with Gasteiger partial charge in [0.15, 0.2) is 4.80 Å². The van der Waals surface area contributed by atoms with Crippen molar-refractivity contribution in [2.75, 3.05) is 13.2 Å². The molecule has 0 aliphatic carbocycles. The van der Waals surface area contributed by atoms with Gasteiger partial charge in [0.2, 0.25) is 0 Å². The Hall–Kier alpha value is -2.91. The van der Waals surface area contributed by atoms with Gasteiger partial charge >= 0.3 is 0 Å². The molecule has 9 heteroatoms. The molecule has 3 rings (SSSR count). The zero-order valence-electron chi connectivity index (χ0n) is 14.4. The predicted molar refractivity (Wildman–Crippen MR) is 99.3 cm³/mol. The monoisotopic (exact) mass is 389 g/mol. The minimum atomic E-state index is -0.709. The second kappa shape index (κ2) is 8.19. The Bertz CT molecular complexity index is 1070. The number of amides is 1. The van der Waals surface area contributed by atoms with Gasteiger partial charge in [-0.15, -0.1) is 0 Å². The third-order valence-electron chi connectivity index (χ3n) is 3.84. The summed E-state index contributed by atoms with van der Waals surface area (Å²) >= 11 is 1.21. The molecule has 27 heavy (non-hydrogen) atoms. The van der Waals surface area contributed by atoms with E-state index in [4.69, 9.17) is 4.74 Å². The first-order valence-corrected chi connectivity index (χ1v) is 9.02. The SMILES string of the molecule is CCOCCn1c(=NC(=O)c2ccccc2F)sc2ccc([N+](=O)[O-])cc21. The number of nitrogens with zero attached hydrogens (tertiary/aromatic N) is 3. The standard InChI is InChI=1S/C18H16FN3O4S/c1-2-26-10-9-21-15-11-12(22(24)25)7-8-16(15)27-18(21)20-17(23)13-5-3-4-6-14(13)19/h3-8,11H,2,9-10H2,1H3. The molecule has 1 amide bonds. The van der Waals surface area contributed by atoms with Gasteiger partial charge in [0.05, 0.1) is 27.3 Å². The van der Waals surface area contributed by atoms with Gasteiger partial charge in [-0.25, -0.2) is 4.39 Å². The van der Waals surface area contributed by atoms with Crippen LogP contribution in [0.3, 0.4) is 0 Å². The molecule has 0 fully saturated rings. The topological polar surface area (TPSA) is 86.7 Å². The van der Waals surface area contributed by atoms with Gasteiger partial charge < -0.3 is 9.30 Å². The van der Waals surface area contributed by atoms with Crippen molar-refractivity contribution in [3.8, 4) is 0 Å². The normalized spacial score (nSPS) is 11.9. The van der Waals surface area contributed by atoms with Crippen molar-refractivity contribution in [3.63, 3.8) is 0 Å². The first-order valence-electron chi connectivity index (χ1n) is 8.20. The maximum atomic E-state index is 13.9. The van der Waals surface area contributed by atoms with Gasteiger partial charge in [-0.05, 0) is 25.1 Å². The molecule has 0 unspecified atom stereocenters. The summed E-state index contributed by atoms with van der Waals surface area (Å²) in [6.45, 7) is 3.09. The maximum absolute atomic E-state index is 13.9.